The van der Waals surface area contributed by atoms with Crippen LogP contribution in [0.25, 0.3) is 0 Å². The van der Waals surface area contributed by atoms with Gasteiger partial charge in [-0.2, -0.15) is 5.06 Å². The van der Waals surface area contributed by atoms with Crippen LogP contribution in [0, 0.1) is 5.92 Å². The summed E-state index contributed by atoms with van der Waals surface area (Å²) in [5.41, 5.74) is 5.49. The van der Waals surface area contributed by atoms with E-state index in [2.05, 4.69) is 5.32 Å². The van der Waals surface area contributed by atoms with Crippen molar-refractivity contribution in [2.45, 2.75) is 25.3 Å². The Kier molecular flexibility index (Phi) is 3.28. The Bertz CT molecular complexity index is 357. The molecule has 7 nitrogen and oxygen atoms in total. The molecule has 0 bridgehead atoms. The van der Waals surface area contributed by atoms with Crippen molar-refractivity contribution in [1.82, 2.24) is 10.4 Å². The number of amides is 2. The average molecular weight is 241 g/mol. The summed E-state index contributed by atoms with van der Waals surface area (Å²) < 4.78 is 0. The molecule has 2 saturated heterocycles. The number of hydroxylamine groups is 2. The molecule has 0 aromatic carbocycles. The lowest BCUT2D eigenvalue weighted by atomic mass is 10.1. The minimum absolute atomic E-state index is 0.119. The summed E-state index contributed by atoms with van der Waals surface area (Å²) in [4.78, 5) is 39.2. The number of carbonyl (C=O) groups is 3. The maximum absolute atomic E-state index is 11.7. The molecule has 7 heteroatoms. The molecule has 0 aromatic rings. The van der Waals surface area contributed by atoms with Crippen LogP contribution >= 0.6 is 0 Å². The highest BCUT2D eigenvalue weighted by atomic mass is 16.7. The van der Waals surface area contributed by atoms with E-state index in [0.717, 1.165) is 5.06 Å². The lowest BCUT2D eigenvalue weighted by Crippen LogP contribution is -2.41. The molecule has 0 radical (unpaired) electrons. The maximum Gasteiger partial charge on any atom is 0.337 e. The van der Waals surface area contributed by atoms with E-state index in [-0.39, 0.29) is 37.4 Å². The maximum atomic E-state index is 11.7. The molecule has 2 heterocycles. The minimum Gasteiger partial charge on any atom is -0.355 e. The van der Waals surface area contributed by atoms with Crippen LogP contribution < -0.4 is 11.1 Å². The van der Waals surface area contributed by atoms with Gasteiger partial charge in [0.1, 0.15) is 0 Å². The first kappa shape index (κ1) is 11.8. The zero-order chi connectivity index (χ0) is 12.4. The van der Waals surface area contributed by atoms with Crippen LogP contribution in [-0.4, -0.2) is 42.0 Å². The lowest BCUT2D eigenvalue weighted by Gasteiger charge is -2.22. The van der Waals surface area contributed by atoms with Gasteiger partial charge in [-0.05, 0) is 6.42 Å². The van der Waals surface area contributed by atoms with Crippen molar-refractivity contribution in [2.75, 3.05) is 13.1 Å². The fourth-order valence-electron chi connectivity index (χ4n) is 2.00. The molecule has 2 atom stereocenters. The summed E-state index contributed by atoms with van der Waals surface area (Å²) in [6, 6.07) is -0.239. The molecule has 2 rings (SSSR count). The Morgan fingerprint density at radius 1 is 1.53 bits per heavy atom. The van der Waals surface area contributed by atoms with Crippen LogP contribution in [0.2, 0.25) is 0 Å². The second kappa shape index (κ2) is 4.70. The third-order valence-electron chi connectivity index (χ3n) is 3.04. The largest absolute Gasteiger partial charge is 0.355 e. The van der Waals surface area contributed by atoms with Gasteiger partial charge in [-0.3, -0.25) is 9.59 Å². The van der Waals surface area contributed by atoms with Gasteiger partial charge in [0.15, 0.2) is 0 Å². The molecular formula is C10H15N3O4. The molecule has 2 aliphatic rings. The monoisotopic (exact) mass is 241 g/mol. The summed E-state index contributed by atoms with van der Waals surface area (Å²) in [6.45, 7) is 0.536. The summed E-state index contributed by atoms with van der Waals surface area (Å²) in [5.74, 6) is -1.45. The van der Waals surface area contributed by atoms with Gasteiger partial charge >= 0.3 is 5.97 Å². The van der Waals surface area contributed by atoms with E-state index in [1.54, 1.807) is 0 Å². The fourth-order valence-corrected chi connectivity index (χ4v) is 2.00. The van der Waals surface area contributed by atoms with Crippen molar-refractivity contribution < 1.29 is 19.2 Å². The first-order valence-electron chi connectivity index (χ1n) is 5.62. The van der Waals surface area contributed by atoms with E-state index < -0.39 is 11.9 Å². The predicted octanol–water partition coefficient (Wildman–Crippen LogP) is -1.47. The predicted molar refractivity (Wildman–Crippen MR) is 56.1 cm³/mol. The highest BCUT2D eigenvalue weighted by Crippen LogP contribution is 2.20. The summed E-state index contributed by atoms with van der Waals surface area (Å²) in [5, 5.41) is 3.60. The Balaban J connectivity index is 1.93. The Labute approximate surface area is 98.2 Å². The van der Waals surface area contributed by atoms with Gasteiger partial charge in [0, 0.05) is 25.9 Å². The van der Waals surface area contributed by atoms with Crippen LogP contribution in [0.4, 0.5) is 0 Å². The van der Waals surface area contributed by atoms with Crippen LogP contribution in [0.1, 0.15) is 19.3 Å². The Morgan fingerprint density at radius 3 is 2.88 bits per heavy atom. The summed E-state index contributed by atoms with van der Waals surface area (Å²) in [7, 11) is 0. The molecule has 0 aromatic heterocycles. The van der Waals surface area contributed by atoms with Gasteiger partial charge in [-0.15, -0.1) is 0 Å². The van der Waals surface area contributed by atoms with E-state index >= 15 is 0 Å². The third-order valence-corrected chi connectivity index (χ3v) is 3.04. The second-order valence-corrected chi connectivity index (χ2v) is 4.26. The van der Waals surface area contributed by atoms with Crippen molar-refractivity contribution in [1.29, 1.82) is 0 Å². The first-order chi connectivity index (χ1) is 8.11. The van der Waals surface area contributed by atoms with Crippen molar-refractivity contribution >= 4 is 17.8 Å². The fraction of sp³-hybridized carbons (Fsp3) is 0.700. The zero-order valence-electron chi connectivity index (χ0n) is 9.35. The second-order valence-electron chi connectivity index (χ2n) is 4.26. The van der Waals surface area contributed by atoms with Crippen LogP contribution in [-0.2, 0) is 19.2 Å². The molecule has 0 aliphatic carbocycles. The lowest BCUT2D eigenvalue weighted by molar-refractivity contribution is -0.203. The number of hydrogen-bond donors (Lipinski definition) is 2. The molecule has 94 valence electrons. The van der Waals surface area contributed by atoms with E-state index in [0.29, 0.717) is 12.8 Å². The highest BCUT2D eigenvalue weighted by Gasteiger charge is 2.37. The van der Waals surface area contributed by atoms with Crippen molar-refractivity contribution in [3.63, 3.8) is 0 Å². The van der Waals surface area contributed by atoms with E-state index in [4.69, 9.17) is 10.6 Å². The first-order valence-corrected chi connectivity index (χ1v) is 5.62. The zero-order valence-corrected chi connectivity index (χ0v) is 9.35. The molecule has 17 heavy (non-hydrogen) atoms. The third kappa shape index (κ3) is 2.38. The Morgan fingerprint density at radius 2 is 2.29 bits per heavy atom. The highest BCUT2D eigenvalue weighted by molar-refractivity contribution is 5.87. The van der Waals surface area contributed by atoms with Crippen LogP contribution in [0.5, 0.6) is 0 Å². The quantitative estimate of drug-likeness (QED) is 0.628. The normalized spacial score (nSPS) is 28.4. The number of nitrogens with zero attached hydrogens (tertiary/aromatic N) is 1. The van der Waals surface area contributed by atoms with Gasteiger partial charge < -0.3 is 15.9 Å². The van der Waals surface area contributed by atoms with Crippen molar-refractivity contribution in [2.24, 2.45) is 11.7 Å². The van der Waals surface area contributed by atoms with Crippen molar-refractivity contribution in [3.8, 4) is 0 Å². The standard InChI is InChI=1S/C10H15N3O4/c11-4-7-1-2-9(15)13(7)17-10(16)6-3-8(14)12-5-6/h6-7H,1-5,11H2,(H,12,14). The van der Waals surface area contributed by atoms with Crippen LogP contribution in [0.3, 0.4) is 0 Å². The van der Waals surface area contributed by atoms with Gasteiger partial charge in [-0.25, -0.2) is 4.79 Å². The average Bonchev–Trinajstić information content (AvgIpc) is 2.87. The van der Waals surface area contributed by atoms with Crippen molar-refractivity contribution in [3.05, 3.63) is 0 Å². The van der Waals surface area contributed by atoms with Gasteiger partial charge in [0.2, 0.25) is 5.91 Å². The molecular weight excluding hydrogens is 226 g/mol. The molecule has 0 spiro atoms. The molecule has 2 aliphatic heterocycles. The SMILES string of the molecule is NCC1CCC(=O)N1OC(=O)C1CNC(=O)C1. The molecule has 0 saturated carbocycles. The van der Waals surface area contributed by atoms with Gasteiger partial charge in [-0.1, -0.05) is 0 Å². The smallest absolute Gasteiger partial charge is 0.337 e. The summed E-state index contributed by atoms with van der Waals surface area (Å²) >= 11 is 0. The van der Waals surface area contributed by atoms with E-state index in [9.17, 15) is 14.4 Å². The van der Waals surface area contributed by atoms with E-state index in [1.807, 2.05) is 0 Å². The number of carbonyl (C=O) groups excluding carboxylic acids is 3. The molecule has 3 N–H and O–H groups in total. The van der Waals surface area contributed by atoms with Gasteiger partial charge in [0.25, 0.3) is 5.91 Å². The van der Waals surface area contributed by atoms with Gasteiger partial charge in [0.05, 0.1) is 12.0 Å². The summed E-state index contributed by atoms with van der Waals surface area (Å²) in [6.07, 6.45) is 1.07. The number of rotatable bonds is 3. The van der Waals surface area contributed by atoms with E-state index in [1.165, 1.54) is 0 Å². The molecule has 2 amide bonds. The number of hydrogen-bond acceptors (Lipinski definition) is 5. The molecule has 2 fully saturated rings. The Hall–Kier alpha value is -1.63. The minimum atomic E-state index is -0.544. The number of nitrogens with two attached hydrogens (primary N) is 1. The van der Waals surface area contributed by atoms with Crippen LogP contribution in [0.15, 0.2) is 0 Å². The number of nitrogens with one attached hydrogen (secondary N) is 1. The molecule has 2 unspecified atom stereocenters. The topological polar surface area (TPSA) is 102 Å².